The van der Waals surface area contributed by atoms with E-state index in [-0.39, 0.29) is 18.2 Å². The lowest BCUT2D eigenvalue weighted by atomic mass is 10.2. The Hall–Kier alpha value is -2.32. The van der Waals surface area contributed by atoms with Gasteiger partial charge in [-0.2, -0.15) is 0 Å². The van der Waals surface area contributed by atoms with Crippen LogP contribution in [0.3, 0.4) is 0 Å². The number of ether oxygens (including phenoxy) is 1. The third kappa shape index (κ3) is 3.37. The van der Waals surface area contributed by atoms with Gasteiger partial charge in [-0.1, -0.05) is 30.3 Å². The maximum atomic E-state index is 11.1. The lowest BCUT2D eigenvalue weighted by molar-refractivity contribution is 0.306. The molecule has 8 heteroatoms. The minimum absolute atomic E-state index is 0.0938. The second kappa shape index (κ2) is 5.76. The summed E-state index contributed by atoms with van der Waals surface area (Å²) in [6.45, 7) is 0.208. The van der Waals surface area contributed by atoms with Crippen LogP contribution in [0.25, 0.3) is 0 Å². The van der Waals surface area contributed by atoms with E-state index in [1.807, 2.05) is 30.3 Å². The summed E-state index contributed by atoms with van der Waals surface area (Å²) >= 11 is 0. The molecule has 0 atom stereocenters. The Morgan fingerprint density at radius 1 is 1.15 bits per heavy atom. The SMILES string of the molecule is NS(=O)(=O)c1ccc(OCc2ccccc2)c(N=O)n1. The Kier molecular flexibility index (Phi) is 4.06. The van der Waals surface area contributed by atoms with Gasteiger partial charge in [-0.25, -0.2) is 18.5 Å². The molecule has 0 fully saturated rings. The van der Waals surface area contributed by atoms with Crippen molar-refractivity contribution < 1.29 is 13.2 Å². The molecule has 2 N–H and O–H groups in total. The number of hydrogen-bond acceptors (Lipinski definition) is 6. The molecule has 0 unspecified atom stereocenters. The molecule has 0 saturated heterocycles. The molecule has 0 bridgehead atoms. The third-order valence-electron chi connectivity index (χ3n) is 2.43. The minimum Gasteiger partial charge on any atom is -0.485 e. The number of rotatable bonds is 5. The minimum atomic E-state index is -3.98. The molecular weight excluding hydrogens is 282 g/mol. The van der Waals surface area contributed by atoms with Gasteiger partial charge in [0.15, 0.2) is 10.8 Å². The van der Waals surface area contributed by atoms with Gasteiger partial charge in [0.1, 0.15) is 6.61 Å². The van der Waals surface area contributed by atoms with Gasteiger partial charge in [-0.3, -0.25) is 0 Å². The summed E-state index contributed by atoms with van der Waals surface area (Å²) in [7, 11) is -3.98. The number of nitrogens with two attached hydrogens (primary N) is 1. The zero-order valence-corrected chi connectivity index (χ0v) is 11.1. The van der Waals surface area contributed by atoms with Crippen LogP contribution in [-0.4, -0.2) is 13.4 Å². The van der Waals surface area contributed by atoms with Gasteiger partial charge in [0.05, 0.1) is 0 Å². The molecule has 0 spiro atoms. The van der Waals surface area contributed by atoms with E-state index >= 15 is 0 Å². The van der Waals surface area contributed by atoms with Crippen molar-refractivity contribution in [3.05, 3.63) is 52.9 Å². The van der Waals surface area contributed by atoms with Crippen LogP contribution in [-0.2, 0) is 16.6 Å². The molecule has 20 heavy (non-hydrogen) atoms. The van der Waals surface area contributed by atoms with Crippen LogP contribution in [0.15, 0.2) is 52.7 Å². The van der Waals surface area contributed by atoms with Gasteiger partial charge >= 0.3 is 0 Å². The highest BCUT2D eigenvalue weighted by Crippen LogP contribution is 2.27. The van der Waals surface area contributed by atoms with Crippen LogP contribution in [0.1, 0.15) is 5.56 Å². The second-order valence-corrected chi connectivity index (χ2v) is 5.39. The summed E-state index contributed by atoms with van der Waals surface area (Å²) in [6.07, 6.45) is 0. The molecule has 0 aliphatic heterocycles. The van der Waals surface area contributed by atoms with E-state index in [4.69, 9.17) is 9.88 Å². The zero-order chi connectivity index (χ0) is 14.6. The molecule has 2 rings (SSSR count). The molecule has 0 amide bonds. The van der Waals surface area contributed by atoms with Gasteiger partial charge in [0, 0.05) is 0 Å². The van der Waals surface area contributed by atoms with Crippen molar-refractivity contribution in [3.63, 3.8) is 0 Å². The standard InChI is InChI=1S/C12H11N3O4S/c13-20(17,18)11-7-6-10(12(14-11)15-16)19-8-9-4-2-1-3-5-9/h1-7H,8H2,(H2,13,17,18). The molecule has 0 radical (unpaired) electrons. The number of aromatic nitrogens is 1. The lowest BCUT2D eigenvalue weighted by Crippen LogP contribution is -2.13. The Morgan fingerprint density at radius 2 is 1.85 bits per heavy atom. The highest BCUT2D eigenvalue weighted by atomic mass is 32.2. The molecular formula is C12H11N3O4S. The quantitative estimate of drug-likeness (QED) is 0.843. The van der Waals surface area contributed by atoms with E-state index in [0.29, 0.717) is 0 Å². The van der Waals surface area contributed by atoms with E-state index in [1.54, 1.807) is 0 Å². The largest absolute Gasteiger partial charge is 0.485 e. The smallest absolute Gasteiger partial charge is 0.255 e. The van der Waals surface area contributed by atoms with Crippen LogP contribution < -0.4 is 9.88 Å². The maximum absolute atomic E-state index is 11.1. The summed E-state index contributed by atoms with van der Waals surface area (Å²) in [5.41, 5.74) is 0.889. The average molecular weight is 293 g/mol. The summed E-state index contributed by atoms with van der Waals surface area (Å²) in [6, 6.07) is 11.7. The molecule has 2 aromatic rings. The molecule has 0 aliphatic rings. The van der Waals surface area contributed by atoms with E-state index in [9.17, 15) is 13.3 Å². The van der Waals surface area contributed by atoms with Crippen LogP contribution in [0.4, 0.5) is 5.82 Å². The Bertz CT molecular complexity index is 717. The van der Waals surface area contributed by atoms with Gasteiger partial charge in [-0.15, -0.1) is 4.91 Å². The normalized spacial score (nSPS) is 11.1. The van der Waals surface area contributed by atoms with Gasteiger partial charge in [-0.05, 0) is 22.9 Å². The van der Waals surface area contributed by atoms with Crippen molar-refractivity contribution in [2.45, 2.75) is 11.6 Å². The Morgan fingerprint density at radius 3 is 2.45 bits per heavy atom. The molecule has 1 aromatic heterocycles. The first-order valence-corrected chi connectivity index (χ1v) is 7.09. The van der Waals surface area contributed by atoms with Crippen molar-refractivity contribution in [2.24, 2.45) is 10.3 Å². The van der Waals surface area contributed by atoms with Crippen molar-refractivity contribution in [1.29, 1.82) is 0 Å². The Balaban J connectivity index is 2.22. The fourth-order valence-corrected chi connectivity index (χ4v) is 1.96. The number of nitroso groups, excluding NO2 is 1. The number of hydrogen-bond donors (Lipinski definition) is 1. The van der Waals surface area contributed by atoms with E-state index < -0.39 is 15.0 Å². The molecule has 1 heterocycles. The molecule has 0 aliphatic carbocycles. The first kappa shape index (κ1) is 14.1. The first-order chi connectivity index (χ1) is 9.50. The predicted molar refractivity (Wildman–Crippen MR) is 71.8 cm³/mol. The van der Waals surface area contributed by atoms with E-state index in [0.717, 1.165) is 11.6 Å². The summed E-state index contributed by atoms with van der Waals surface area (Å²) in [5.74, 6) is -0.260. The lowest BCUT2D eigenvalue weighted by Gasteiger charge is -2.07. The monoisotopic (exact) mass is 293 g/mol. The van der Waals surface area contributed by atoms with Crippen LogP contribution in [0.5, 0.6) is 5.75 Å². The number of sulfonamides is 1. The number of benzene rings is 1. The summed E-state index contributed by atoms with van der Waals surface area (Å²) < 4.78 is 27.6. The molecule has 7 nitrogen and oxygen atoms in total. The Labute approximate surface area is 115 Å². The molecule has 1 aromatic carbocycles. The van der Waals surface area contributed by atoms with Crippen LogP contribution in [0.2, 0.25) is 0 Å². The second-order valence-electron chi connectivity index (χ2n) is 3.88. The number of pyridine rings is 1. The first-order valence-electron chi connectivity index (χ1n) is 5.54. The van der Waals surface area contributed by atoms with Crippen molar-refractivity contribution >= 4 is 15.8 Å². The highest BCUT2D eigenvalue weighted by Gasteiger charge is 2.14. The van der Waals surface area contributed by atoms with Crippen LogP contribution in [0, 0.1) is 4.91 Å². The fourth-order valence-electron chi connectivity index (χ4n) is 1.49. The summed E-state index contributed by atoms with van der Waals surface area (Å²) in [5, 5.41) is 7.14. The van der Waals surface area contributed by atoms with Crippen LogP contribution >= 0.6 is 0 Å². The van der Waals surface area contributed by atoms with E-state index in [1.165, 1.54) is 6.07 Å². The summed E-state index contributed by atoms with van der Waals surface area (Å²) in [4.78, 5) is 14.2. The third-order valence-corrected chi connectivity index (χ3v) is 3.24. The van der Waals surface area contributed by atoms with Crippen molar-refractivity contribution in [3.8, 4) is 5.75 Å². The molecule has 0 saturated carbocycles. The topological polar surface area (TPSA) is 112 Å². The fraction of sp³-hybridized carbons (Fsp3) is 0.0833. The van der Waals surface area contributed by atoms with Crippen molar-refractivity contribution in [2.75, 3.05) is 0 Å². The predicted octanol–water partition coefficient (Wildman–Crippen LogP) is 1.71. The van der Waals surface area contributed by atoms with Gasteiger partial charge in [0.25, 0.3) is 10.0 Å². The number of nitrogens with zero attached hydrogens (tertiary/aromatic N) is 2. The van der Waals surface area contributed by atoms with Gasteiger partial charge in [0.2, 0.25) is 5.82 Å². The maximum Gasteiger partial charge on any atom is 0.255 e. The van der Waals surface area contributed by atoms with Gasteiger partial charge < -0.3 is 4.74 Å². The highest BCUT2D eigenvalue weighted by molar-refractivity contribution is 7.89. The average Bonchev–Trinajstić information content (AvgIpc) is 2.45. The molecule has 104 valence electrons. The zero-order valence-electron chi connectivity index (χ0n) is 10.3. The van der Waals surface area contributed by atoms with E-state index in [2.05, 4.69) is 10.2 Å². The van der Waals surface area contributed by atoms with Crippen molar-refractivity contribution in [1.82, 2.24) is 4.98 Å². The number of primary sulfonamides is 1.